The number of carbonyl (C=O) groups is 1. The normalized spacial score (nSPS) is 10.6. The quantitative estimate of drug-likeness (QED) is 0.655. The summed E-state index contributed by atoms with van der Waals surface area (Å²) in [6, 6.07) is 5.05. The van der Waals surface area contributed by atoms with Gasteiger partial charge in [-0.2, -0.15) is 0 Å². The van der Waals surface area contributed by atoms with Gasteiger partial charge in [0, 0.05) is 0 Å². The van der Waals surface area contributed by atoms with Crippen LogP contribution >= 0.6 is 0 Å². The fraction of sp³-hybridized carbons (Fsp3) is 0.111. The minimum absolute atomic E-state index is 0.0721. The molecule has 14 heavy (non-hydrogen) atoms. The molecule has 0 aliphatic carbocycles. The summed E-state index contributed by atoms with van der Waals surface area (Å²) in [5.41, 5.74) is 1.92. The van der Waals surface area contributed by atoms with E-state index in [1.165, 1.54) is 0 Å². The number of aliphatic hydroxyl groups is 1. The molecule has 1 aromatic heterocycles. The summed E-state index contributed by atoms with van der Waals surface area (Å²) in [5, 5.41) is 17.5. The summed E-state index contributed by atoms with van der Waals surface area (Å²) >= 11 is 0. The predicted octanol–water partition coefficient (Wildman–Crippen LogP) is 0.753. The SMILES string of the molecule is O=C(O)c1nc2ccc(CO)cc2[nH]1. The van der Waals surface area contributed by atoms with E-state index in [0.717, 1.165) is 5.56 Å². The van der Waals surface area contributed by atoms with Gasteiger partial charge in [0.15, 0.2) is 0 Å². The fourth-order valence-electron chi connectivity index (χ4n) is 1.26. The molecule has 0 spiro atoms. The molecule has 0 unspecified atom stereocenters. The molecule has 0 atom stereocenters. The van der Waals surface area contributed by atoms with Crippen LogP contribution in [0.25, 0.3) is 11.0 Å². The van der Waals surface area contributed by atoms with Crippen molar-refractivity contribution in [2.24, 2.45) is 0 Å². The average molecular weight is 192 g/mol. The fourth-order valence-corrected chi connectivity index (χ4v) is 1.26. The number of hydrogen-bond donors (Lipinski definition) is 3. The Kier molecular flexibility index (Phi) is 1.94. The number of aliphatic hydroxyl groups excluding tert-OH is 1. The van der Waals surface area contributed by atoms with Crippen molar-refractivity contribution >= 4 is 17.0 Å². The van der Waals surface area contributed by atoms with Crippen LogP contribution < -0.4 is 0 Å². The van der Waals surface area contributed by atoms with Gasteiger partial charge in [-0.25, -0.2) is 9.78 Å². The molecule has 5 nitrogen and oxygen atoms in total. The van der Waals surface area contributed by atoms with Crippen molar-refractivity contribution in [1.29, 1.82) is 0 Å². The van der Waals surface area contributed by atoms with Gasteiger partial charge in [-0.05, 0) is 17.7 Å². The highest BCUT2D eigenvalue weighted by Gasteiger charge is 2.08. The molecule has 0 saturated heterocycles. The molecule has 0 aliphatic rings. The van der Waals surface area contributed by atoms with Gasteiger partial charge in [0.05, 0.1) is 17.6 Å². The molecule has 72 valence electrons. The van der Waals surface area contributed by atoms with Crippen molar-refractivity contribution in [3.63, 3.8) is 0 Å². The lowest BCUT2D eigenvalue weighted by atomic mass is 10.2. The highest BCUT2D eigenvalue weighted by Crippen LogP contribution is 2.13. The number of carboxylic acid groups (broad SMARTS) is 1. The molecule has 3 N–H and O–H groups in total. The third-order valence-corrected chi connectivity index (χ3v) is 1.93. The number of aromatic amines is 1. The first kappa shape index (κ1) is 8.71. The summed E-state index contributed by atoms with van der Waals surface area (Å²) in [6.07, 6.45) is 0. The Balaban J connectivity index is 2.60. The van der Waals surface area contributed by atoms with Crippen LogP contribution in [-0.4, -0.2) is 26.2 Å². The van der Waals surface area contributed by atoms with Crippen molar-refractivity contribution in [3.05, 3.63) is 29.6 Å². The molecule has 0 fully saturated rings. The van der Waals surface area contributed by atoms with Crippen molar-refractivity contribution in [2.45, 2.75) is 6.61 Å². The number of carboxylic acids is 1. The van der Waals surface area contributed by atoms with Crippen LogP contribution in [0.1, 0.15) is 16.2 Å². The van der Waals surface area contributed by atoms with Crippen LogP contribution in [0.2, 0.25) is 0 Å². The zero-order valence-electron chi connectivity index (χ0n) is 7.19. The van der Waals surface area contributed by atoms with E-state index in [4.69, 9.17) is 10.2 Å². The smallest absolute Gasteiger partial charge is 0.371 e. The van der Waals surface area contributed by atoms with Gasteiger partial charge in [0.1, 0.15) is 0 Å². The van der Waals surface area contributed by atoms with Gasteiger partial charge in [-0.15, -0.1) is 0 Å². The second-order valence-electron chi connectivity index (χ2n) is 2.90. The number of nitrogens with zero attached hydrogens (tertiary/aromatic N) is 1. The molecule has 1 aromatic carbocycles. The van der Waals surface area contributed by atoms with E-state index in [9.17, 15) is 4.79 Å². The van der Waals surface area contributed by atoms with Crippen molar-refractivity contribution in [2.75, 3.05) is 0 Å². The van der Waals surface area contributed by atoms with Gasteiger partial charge in [0.2, 0.25) is 5.82 Å². The number of nitrogens with one attached hydrogen (secondary N) is 1. The van der Waals surface area contributed by atoms with E-state index < -0.39 is 5.97 Å². The largest absolute Gasteiger partial charge is 0.475 e. The maximum absolute atomic E-state index is 10.6. The molecule has 0 saturated carbocycles. The summed E-state index contributed by atoms with van der Waals surface area (Å²) < 4.78 is 0. The summed E-state index contributed by atoms with van der Waals surface area (Å²) in [4.78, 5) is 17.1. The molecule has 2 aromatic rings. The van der Waals surface area contributed by atoms with Gasteiger partial charge in [0.25, 0.3) is 0 Å². The topological polar surface area (TPSA) is 86.2 Å². The summed E-state index contributed by atoms with van der Waals surface area (Å²) in [5.74, 6) is -1.18. The number of fused-ring (bicyclic) bond motifs is 1. The van der Waals surface area contributed by atoms with Gasteiger partial charge >= 0.3 is 5.97 Å². The Morgan fingerprint density at radius 1 is 1.50 bits per heavy atom. The second-order valence-corrected chi connectivity index (χ2v) is 2.90. The van der Waals surface area contributed by atoms with Crippen molar-refractivity contribution in [1.82, 2.24) is 9.97 Å². The molecular formula is C9H8N2O3. The molecule has 0 amide bonds. The first-order valence-corrected chi connectivity index (χ1v) is 4.03. The van der Waals surface area contributed by atoms with Gasteiger partial charge in [-0.3, -0.25) is 0 Å². The maximum Gasteiger partial charge on any atom is 0.371 e. The Bertz CT molecular complexity index is 490. The third kappa shape index (κ3) is 1.33. The van der Waals surface area contributed by atoms with E-state index in [-0.39, 0.29) is 12.4 Å². The monoisotopic (exact) mass is 192 g/mol. The number of H-pyrrole nitrogens is 1. The Morgan fingerprint density at radius 3 is 2.93 bits per heavy atom. The highest BCUT2D eigenvalue weighted by atomic mass is 16.4. The zero-order chi connectivity index (χ0) is 10.1. The number of benzene rings is 1. The predicted molar refractivity (Wildman–Crippen MR) is 49.0 cm³/mol. The number of aromatic nitrogens is 2. The zero-order valence-corrected chi connectivity index (χ0v) is 7.19. The summed E-state index contributed by atoms with van der Waals surface area (Å²) in [6.45, 7) is -0.0721. The van der Waals surface area contributed by atoms with E-state index in [1.54, 1.807) is 18.2 Å². The first-order chi connectivity index (χ1) is 6.70. The minimum Gasteiger partial charge on any atom is -0.475 e. The average Bonchev–Trinajstić information content (AvgIpc) is 2.59. The van der Waals surface area contributed by atoms with Crippen molar-refractivity contribution < 1.29 is 15.0 Å². The second kappa shape index (κ2) is 3.12. The molecule has 0 bridgehead atoms. The molecule has 2 rings (SSSR count). The maximum atomic E-state index is 10.6. The van der Waals surface area contributed by atoms with Crippen LogP contribution in [0.15, 0.2) is 18.2 Å². The Labute approximate surface area is 79.0 Å². The summed E-state index contributed by atoms with van der Waals surface area (Å²) in [7, 11) is 0. The lowest BCUT2D eigenvalue weighted by molar-refractivity contribution is 0.0685. The minimum atomic E-state index is -1.09. The number of imidazole rings is 1. The van der Waals surface area contributed by atoms with Crippen LogP contribution in [0.3, 0.4) is 0 Å². The van der Waals surface area contributed by atoms with E-state index in [1.807, 2.05) is 0 Å². The Morgan fingerprint density at radius 2 is 2.29 bits per heavy atom. The van der Waals surface area contributed by atoms with Crippen molar-refractivity contribution in [3.8, 4) is 0 Å². The van der Waals surface area contributed by atoms with E-state index >= 15 is 0 Å². The highest BCUT2D eigenvalue weighted by molar-refractivity contribution is 5.89. The number of rotatable bonds is 2. The lowest BCUT2D eigenvalue weighted by Crippen LogP contribution is -1.97. The molecule has 5 heteroatoms. The van der Waals surface area contributed by atoms with Gasteiger partial charge < -0.3 is 15.2 Å². The van der Waals surface area contributed by atoms with Crippen LogP contribution in [0, 0.1) is 0 Å². The van der Waals surface area contributed by atoms with E-state index in [2.05, 4.69) is 9.97 Å². The molecule has 0 radical (unpaired) electrons. The Hall–Kier alpha value is -1.88. The first-order valence-electron chi connectivity index (χ1n) is 4.03. The number of hydrogen-bond acceptors (Lipinski definition) is 3. The van der Waals surface area contributed by atoms with Crippen LogP contribution in [0.4, 0.5) is 0 Å². The van der Waals surface area contributed by atoms with Gasteiger partial charge in [-0.1, -0.05) is 6.07 Å². The molecule has 0 aliphatic heterocycles. The number of aromatic carboxylic acids is 1. The van der Waals surface area contributed by atoms with E-state index in [0.29, 0.717) is 11.0 Å². The molecule has 1 heterocycles. The molecular weight excluding hydrogens is 184 g/mol. The standard InChI is InChI=1S/C9H8N2O3/c12-4-5-1-2-6-7(3-5)11-8(10-6)9(13)14/h1-3,12H,4H2,(H,10,11)(H,13,14). The lowest BCUT2D eigenvalue weighted by Gasteiger charge is -1.93. The third-order valence-electron chi connectivity index (χ3n) is 1.93. The van der Waals surface area contributed by atoms with Crippen LogP contribution in [-0.2, 0) is 6.61 Å². The van der Waals surface area contributed by atoms with Crippen LogP contribution in [0.5, 0.6) is 0 Å².